The number of pyridine rings is 1. The topological polar surface area (TPSA) is 71.1 Å². The molecule has 7 heteroatoms. The number of aryl methyl sites for hydroxylation is 2. The van der Waals surface area contributed by atoms with Crippen LogP contribution in [-0.4, -0.2) is 13.4 Å². The fraction of sp³-hybridized carbons (Fsp3) is 0.150. The number of anilines is 2. The van der Waals surface area contributed by atoms with Crippen LogP contribution >= 0.6 is 0 Å². The molecule has 0 bridgehead atoms. The van der Waals surface area contributed by atoms with Gasteiger partial charge in [-0.2, -0.15) is 0 Å². The van der Waals surface area contributed by atoms with Crippen molar-refractivity contribution in [1.82, 2.24) is 4.98 Å². The average Bonchev–Trinajstić information content (AvgIpc) is 2.63. The first-order valence-electron chi connectivity index (χ1n) is 8.38. The van der Waals surface area contributed by atoms with Gasteiger partial charge < -0.3 is 5.32 Å². The summed E-state index contributed by atoms with van der Waals surface area (Å²) in [5, 5.41) is 3.24. The number of nitrogens with one attached hydrogen (secondary N) is 2. The monoisotopic (exact) mass is 385 g/mol. The SMILES string of the molecule is Cc1cccc(CNc2ccc(NS(=O)(=O)c3ccc(F)c(C)c3)nc2)c1. The first-order chi connectivity index (χ1) is 12.8. The molecule has 1 heterocycles. The van der Waals surface area contributed by atoms with E-state index >= 15 is 0 Å². The van der Waals surface area contributed by atoms with Crippen LogP contribution in [0.3, 0.4) is 0 Å². The lowest BCUT2D eigenvalue weighted by molar-refractivity contribution is 0.598. The van der Waals surface area contributed by atoms with Gasteiger partial charge in [-0.25, -0.2) is 17.8 Å². The molecule has 0 radical (unpaired) electrons. The first-order valence-corrected chi connectivity index (χ1v) is 9.86. The second kappa shape index (κ2) is 7.75. The van der Waals surface area contributed by atoms with Crippen molar-refractivity contribution in [3.8, 4) is 0 Å². The zero-order valence-electron chi connectivity index (χ0n) is 15.0. The average molecular weight is 385 g/mol. The summed E-state index contributed by atoms with van der Waals surface area (Å²) in [7, 11) is -3.83. The van der Waals surface area contributed by atoms with Gasteiger partial charge in [0.1, 0.15) is 11.6 Å². The molecule has 0 aliphatic rings. The number of aromatic nitrogens is 1. The summed E-state index contributed by atoms with van der Waals surface area (Å²) in [6, 6.07) is 15.1. The molecule has 1 aromatic heterocycles. The molecule has 27 heavy (non-hydrogen) atoms. The molecule has 2 N–H and O–H groups in total. The smallest absolute Gasteiger partial charge is 0.263 e. The van der Waals surface area contributed by atoms with Crippen LogP contribution in [0.2, 0.25) is 0 Å². The summed E-state index contributed by atoms with van der Waals surface area (Å²) in [5.74, 6) is -0.255. The molecule has 0 saturated carbocycles. The van der Waals surface area contributed by atoms with Gasteiger partial charge in [0.15, 0.2) is 0 Å². The predicted octanol–water partition coefficient (Wildman–Crippen LogP) is 4.25. The number of hydrogen-bond donors (Lipinski definition) is 2. The second-order valence-corrected chi connectivity index (χ2v) is 7.97. The van der Waals surface area contributed by atoms with Gasteiger partial charge in [0.05, 0.1) is 16.8 Å². The minimum Gasteiger partial charge on any atom is -0.380 e. The summed E-state index contributed by atoms with van der Waals surface area (Å²) in [4.78, 5) is 4.12. The van der Waals surface area contributed by atoms with E-state index in [9.17, 15) is 12.8 Å². The largest absolute Gasteiger partial charge is 0.380 e. The van der Waals surface area contributed by atoms with Gasteiger partial charge in [-0.1, -0.05) is 29.8 Å². The molecule has 0 atom stereocenters. The van der Waals surface area contributed by atoms with E-state index in [-0.39, 0.29) is 16.3 Å². The van der Waals surface area contributed by atoms with Crippen LogP contribution in [0, 0.1) is 19.7 Å². The fourth-order valence-electron chi connectivity index (χ4n) is 2.57. The van der Waals surface area contributed by atoms with E-state index in [1.54, 1.807) is 18.3 Å². The molecule has 0 saturated heterocycles. The number of halogens is 1. The van der Waals surface area contributed by atoms with Crippen LogP contribution in [0.4, 0.5) is 15.9 Å². The second-order valence-electron chi connectivity index (χ2n) is 6.29. The minimum atomic E-state index is -3.83. The van der Waals surface area contributed by atoms with Gasteiger partial charge in [0, 0.05) is 6.54 Å². The first kappa shape index (κ1) is 18.8. The van der Waals surface area contributed by atoms with Gasteiger partial charge in [-0.15, -0.1) is 0 Å². The summed E-state index contributed by atoms with van der Waals surface area (Å²) in [6.45, 7) is 4.19. The highest BCUT2D eigenvalue weighted by molar-refractivity contribution is 7.92. The van der Waals surface area contributed by atoms with E-state index in [0.717, 1.165) is 17.3 Å². The Morgan fingerprint density at radius 2 is 1.85 bits per heavy atom. The van der Waals surface area contributed by atoms with Gasteiger partial charge in [-0.3, -0.25) is 4.72 Å². The summed E-state index contributed by atoms with van der Waals surface area (Å²) in [5.41, 5.74) is 3.37. The van der Waals surface area contributed by atoms with Gasteiger partial charge in [-0.05, 0) is 55.3 Å². The Kier molecular flexibility index (Phi) is 5.41. The normalized spacial score (nSPS) is 11.2. The van der Waals surface area contributed by atoms with Crippen molar-refractivity contribution < 1.29 is 12.8 Å². The zero-order chi connectivity index (χ0) is 19.4. The van der Waals surface area contributed by atoms with E-state index in [4.69, 9.17) is 0 Å². The van der Waals surface area contributed by atoms with Crippen LogP contribution < -0.4 is 10.0 Å². The Morgan fingerprint density at radius 1 is 1.04 bits per heavy atom. The van der Waals surface area contributed by atoms with Gasteiger partial charge in [0.2, 0.25) is 0 Å². The number of rotatable bonds is 6. The van der Waals surface area contributed by atoms with Crippen LogP contribution in [0.25, 0.3) is 0 Å². The summed E-state index contributed by atoms with van der Waals surface area (Å²) in [6.07, 6.45) is 1.56. The zero-order valence-corrected chi connectivity index (χ0v) is 15.8. The Balaban J connectivity index is 1.67. The van der Waals surface area contributed by atoms with Crippen molar-refractivity contribution in [3.05, 3.63) is 83.3 Å². The van der Waals surface area contributed by atoms with Crippen molar-refractivity contribution in [1.29, 1.82) is 0 Å². The molecule has 5 nitrogen and oxygen atoms in total. The number of sulfonamides is 1. The Labute approximate surface area is 158 Å². The van der Waals surface area contributed by atoms with Crippen LogP contribution in [0.15, 0.2) is 65.7 Å². The van der Waals surface area contributed by atoms with Gasteiger partial charge in [0.25, 0.3) is 10.0 Å². The fourth-order valence-corrected chi connectivity index (χ4v) is 3.66. The maximum Gasteiger partial charge on any atom is 0.263 e. The third kappa shape index (κ3) is 4.83. The lowest BCUT2D eigenvalue weighted by atomic mass is 10.1. The maximum absolute atomic E-state index is 13.3. The highest BCUT2D eigenvalue weighted by Gasteiger charge is 2.16. The van der Waals surface area contributed by atoms with Crippen LogP contribution in [0.5, 0.6) is 0 Å². The molecular weight excluding hydrogens is 365 g/mol. The van der Waals surface area contributed by atoms with Crippen molar-refractivity contribution in [2.45, 2.75) is 25.3 Å². The molecule has 3 aromatic rings. The summed E-state index contributed by atoms with van der Waals surface area (Å²) >= 11 is 0. The highest BCUT2D eigenvalue weighted by Crippen LogP contribution is 2.18. The minimum absolute atomic E-state index is 0.00940. The standard InChI is InChI=1S/C20H20FN3O2S/c1-14-4-3-5-16(10-14)12-22-17-6-9-20(23-13-17)24-27(25,26)18-7-8-19(21)15(2)11-18/h3-11,13,22H,12H2,1-2H3,(H,23,24). The number of hydrogen-bond acceptors (Lipinski definition) is 4. The lowest BCUT2D eigenvalue weighted by Gasteiger charge is -2.10. The van der Waals surface area contributed by atoms with E-state index in [1.165, 1.54) is 24.6 Å². The van der Waals surface area contributed by atoms with Crippen molar-refractivity contribution >= 4 is 21.5 Å². The van der Waals surface area contributed by atoms with Crippen molar-refractivity contribution in [3.63, 3.8) is 0 Å². The molecule has 0 spiro atoms. The lowest BCUT2D eigenvalue weighted by Crippen LogP contribution is -2.14. The quantitative estimate of drug-likeness (QED) is 0.665. The molecule has 0 amide bonds. The van der Waals surface area contributed by atoms with E-state index in [1.807, 2.05) is 25.1 Å². The molecule has 0 fully saturated rings. The molecule has 0 unspecified atom stereocenters. The number of benzene rings is 2. The van der Waals surface area contributed by atoms with Crippen LogP contribution in [0.1, 0.15) is 16.7 Å². The third-order valence-electron chi connectivity index (χ3n) is 4.02. The number of nitrogens with zero attached hydrogens (tertiary/aromatic N) is 1. The highest BCUT2D eigenvalue weighted by atomic mass is 32.2. The molecule has 0 aliphatic heterocycles. The van der Waals surface area contributed by atoms with Crippen molar-refractivity contribution in [2.24, 2.45) is 0 Å². The molecule has 2 aromatic carbocycles. The molecule has 140 valence electrons. The molecule has 3 rings (SSSR count). The summed E-state index contributed by atoms with van der Waals surface area (Å²) < 4.78 is 40.5. The maximum atomic E-state index is 13.3. The van der Waals surface area contributed by atoms with Gasteiger partial charge >= 0.3 is 0 Å². The van der Waals surface area contributed by atoms with E-state index in [2.05, 4.69) is 21.1 Å². The Bertz CT molecular complexity index is 1050. The van der Waals surface area contributed by atoms with Crippen molar-refractivity contribution in [2.75, 3.05) is 10.0 Å². The van der Waals surface area contributed by atoms with Crippen LogP contribution in [-0.2, 0) is 16.6 Å². The molecular formula is C20H20FN3O2S. The third-order valence-corrected chi connectivity index (χ3v) is 5.37. The van der Waals surface area contributed by atoms with E-state index in [0.29, 0.717) is 6.54 Å². The molecule has 0 aliphatic carbocycles. The predicted molar refractivity (Wildman–Crippen MR) is 105 cm³/mol. The van der Waals surface area contributed by atoms with E-state index < -0.39 is 15.8 Å². The Hall–Kier alpha value is -2.93. The Morgan fingerprint density at radius 3 is 2.52 bits per heavy atom.